The third-order valence-corrected chi connectivity index (χ3v) is 7.68. The van der Waals surface area contributed by atoms with Gasteiger partial charge in [0.05, 0.1) is 23.5 Å². The maximum Gasteiger partial charge on any atom is 0.314 e. The van der Waals surface area contributed by atoms with Gasteiger partial charge in [0.25, 0.3) is 5.89 Å². The highest BCUT2D eigenvalue weighted by molar-refractivity contribution is 7.86. The summed E-state index contributed by atoms with van der Waals surface area (Å²) in [6.45, 7) is 1.09. The van der Waals surface area contributed by atoms with Crippen molar-refractivity contribution < 1.29 is 21.6 Å². The molecule has 0 aliphatic carbocycles. The summed E-state index contributed by atoms with van der Waals surface area (Å²) in [4.78, 5) is 4.34. The lowest BCUT2D eigenvalue weighted by Crippen LogP contribution is -2.45. The summed E-state index contributed by atoms with van der Waals surface area (Å²) in [5, 5.41) is 7.42. The van der Waals surface area contributed by atoms with Gasteiger partial charge in [0.15, 0.2) is 11.2 Å². The molecule has 3 aromatic rings. The summed E-state index contributed by atoms with van der Waals surface area (Å²) in [5.74, 6) is 0.115. The minimum atomic E-state index is -2.85. The average molecular weight is 502 g/mol. The molecular formula is C19H18ClF2N5O3S2. The van der Waals surface area contributed by atoms with Crippen molar-refractivity contribution in [3.05, 3.63) is 59.2 Å². The monoisotopic (exact) mass is 501 g/mol. The molecule has 0 amide bonds. The number of benzene rings is 1. The van der Waals surface area contributed by atoms with Crippen molar-refractivity contribution in [1.82, 2.24) is 19.5 Å². The van der Waals surface area contributed by atoms with Crippen molar-refractivity contribution in [2.75, 3.05) is 28.9 Å². The number of hydrogen-bond donors (Lipinski definition) is 0. The minimum Gasteiger partial charge on any atom is -0.415 e. The van der Waals surface area contributed by atoms with Crippen molar-refractivity contribution in [1.29, 1.82) is 0 Å². The van der Waals surface area contributed by atoms with E-state index in [2.05, 4.69) is 15.2 Å². The van der Waals surface area contributed by atoms with Gasteiger partial charge in [0, 0.05) is 46.6 Å². The van der Waals surface area contributed by atoms with E-state index in [1.165, 1.54) is 6.20 Å². The van der Waals surface area contributed by atoms with E-state index in [4.69, 9.17) is 16.0 Å². The van der Waals surface area contributed by atoms with Crippen LogP contribution in [0.5, 0.6) is 0 Å². The van der Waals surface area contributed by atoms with Crippen LogP contribution in [0.2, 0.25) is 5.02 Å². The molecule has 1 atom stereocenters. The zero-order chi connectivity index (χ0) is 22.7. The molecule has 32 heavy (non-hydrogen) atoms. The zero-order valence-electron chi connectivity index (χ0n) is 16.6. The highest BCUT2D eigenvalue weighted by Crippen LogP contribution is 2.26. The molecule has 170 valence electrons. The van der Waals surface area contributed by atoms with Gasteiger partial charge in [0.2, 0.25) is 5.89 Å². The predicted molar refractivity (Wildman–Crippen MR) is 118 cm³/mol. The molecule has 4 rings (SSSR count). The van der Waals surface area contributed by atoms with E-state index in [1.54, 1.807) is 45.0 Å². The molecule has 1 saturated heterocycles. The van der Waals surface area contributed by atoms with Gasteiger partial charge in [-0.15, -0.1) is 10.2 Å². The van der Waals surface area contributed by atoms with Gasteiger partial charge in [-0.25, -0.2) is 8.51 Å². The van der Waals surface area contributed by atoms with Crippen molar-refractivity contribution in [2.45, 2.75) is 13.0 Å². The second-order valence-corrected chi connectivity index (χ2v) is 10.4. The smallest absolute Gasteiger partial charge is 0.314 e. The predicted octanol–water partition coefficient (Wildman–Crippen LogP) is 3.37. The Morgan fingerprint density at radius 1 is 1.22 bits per heavy atom. The van der Waals surface area contributed by atoms with Crippen LogP contribution in [0.15, 0.2) is 47.0 Å². The van der Waals surface area contributed by atoms with E-state index in [0.717, 1.165) is 0 Å². The number of hydrogen-bond acceptors (Lipinski definition) is 6. The van der Waals surface area contributed by atoms with Gasteiger partial charge in [0.1, 0.15) is 0 Å². The molecule has 1 unspecified atom stereocenters. The lowest BCUT2D eigenvalue weighted by Gasteiger charge is -2.32. The number of halogens is 3. The summed E-state index contributed by atoms with van der Waals surface area (Å²) < 4.78 is 58.7. The third-order valence-electron chi connectivity index (χ3n) is 4.65. The van der Waals surface area contributed by atoms with Gasteiger partial charge >= 0.3 is 6.43 Å². The van der Waals surface area contributed by atoms with Gasteiger partial charge in [-0.1, -0.05) is 17.7 Å². The van der Waals surface area contributed by atoms with E-state index in [-0.39, 0.29) is 12.4 Å². The van der Waals surface area contributed by atoms with Crippen molar-refractivity contribution in [2.24, 2.45) is 0 Å². The highest BCUT2D eigenvalue weighted by atomic mass is 35.5. The Balaban J connectivity index is 1.56. The van der Waals surface area contributed by atoms with Crippen LogP contribution in [0.1, 0.15) is 18.0 Å². The number of anilines is 1. The van der Waals surface area contributed by atoms with Crippen LogP contribution < -0.4 is 4.31 Å². The summed E-state index contributed by atoms with van der Waals surface area (Å²) in [7, 11) is -0.894. The Bertz CT molecular complexity index is 1120. The zero-order valence-corrected chi connectivity index (χ0v) is 19.0. The fourth-order valence-electron chi connectivity index (χ4n) is 3.02. The Morgan fingerprint density at radius 2 is 2.00 bits per heavy atom. The van der Waals surface area contributed by atoms with Crippen molar-refractivity contribution in [3.8, 4) is 11.5 Å². The number of pyridine rings is 1. The molecule has 1 aliphatic heterocycles. The molecule has 1 aliphatic rings. The van der Waals surface area contributed by atoms with Crippen LogP contribution in [0.25, 0.3) is 11.5 Å². The topological polar surface area (TPSA) is 92.4 Å². The third kappa shape index (κ3) is 5.37. The molecule has 13 heteroatoms. The lowest BCUT2D eigenvalue weighted by atomic mass is 10.2. The van der Waals surface area contributed by atoms with E-state index in [0.29, 0.717) is 46.6 Å². The molecule has 2 aromatic heterocycles. The second kappa shape index (κ2) is 10.1. The summed E-state index contributed by atoms with van der Waals surface area (Å²) in [6, 6.07) is 10.3. The molecule has 0 N–H and O–H groups in total. The fraction of sp³-hybridized carbons (Fsp3) is 0.316. The maximum atomic E-state index is 13.4. The average Bonchev–Trinajstić information content (AvgIpc) is 3.29. The summed E-state index contributed by atoms with van der Waals surface area (Å²) in [5.41, 5.74) is 1.62. The first-order valence-corrected chi connectivity index (χ1v) is 12.5. The second-order valence-electron chi connectivity index (χ2n) is 6.81. The van der Waals surface area contributed by atoms with Crippen LogP contribution in [0.4, 0.5) is 14.5 Å². The minimum absolute atomic E-state index is 0.0593. The molecule has 3 heterocycles. The Labute approximate surface area is 192 Å². The van der Waals surface area contributed by atoms with Gasteiger partial charge < -0.3 is 4.42 Å². The number of nitrogens with zero attached hydrogens (tertiary/aromatic N) is 5. The number of alkyl halides is 2. The Morgan fingerprint density at radius 3 is 2.62 bits per heavy atom. The first kappa shape index (κ1) is 22.9. The molecule has 0 bridgehead atoms. The van der Waals surface area contributed by atoms with Crippen LogP contribution >= 0.6 is 11.6 Å². The standard InChI is InChI=1S/C19H18ClF2N5O3S2/c20-14-2-1-3-16(10-14)27(32(29)26-6-8-31(28)9-7-26)12-15-5-4-13(11-23-15)18-24-25-19(30-18)17(21)22/h1-5,10-11,17H,6-9,12H2. The fourth-order valence-corrected chi connectivity index (χ4v) is 5.79. The van der Waals surface area contributed by atoms with E-state index in [1.807, 2.05) is 0 Å². The van der Waals surface area contributed by atoms with E-state index in [9.17, 15) is 17.2 Å². The Kier molecular flexibility index (Phi) is 7.23. The lowest BCUT2D eigenvalue weighted by molar-refractivity contribution is 0.116. The largest absolute Gasteiger partial charge is 0.415 e. The quantitative estimate of drug-likeness (QED) is 0.493. The molecule has 1 fully saturated rings. The van der Waals surface area contributed by atoms with Crippen molar-refractivity contribution >= 4 is 39.3 Å². The normalized spacial score (nSPS) is 16.4. The SMILES string of the molecule is O=S1CCN(S(=O)N(Cc2ccc(-c3nnc(C(F)F)o3)cn2)c2cccc(Cl)c2)CC1. The molecule has 1 aromatic carbocycles. The number of aromatic nitrogens is 3. The van der Waals surface area contributed by atoms with Crippen LogP contribution in [-0.4, -0.2) is 52.5 Å². The van der Waals surface area contributed by atoms with Gasteiger partial charge in [-0.05, 0) is 30.3 Å². The van der Waals surface area contributed by atoms with Crippen LogP contribution in [0, 0.1) is 0 Å². The molecular weight excluding hydrogens is 484 g/mol. The van der Waals surface area contributed by atoms with E-state index >= 15 is 0 Å². The van der Waals surface area contributed by atoms with Crippen LogP contribution in [-0.2, 0) is 28.5 Å². The van der Waals surface area contributed by atoms with Gasteiger partial charge in [-0.2, -0.15) is 8.78 Å². The molecule has 0 spiro atoms. The Hall–Kier alpha value is -2.28. The summed E-state index contributed by atoms with van der Waals surface area (Å²) >= 11 is 4.59. The maximum absolute atomic E-state index is 13.4. The summed E-state index contributed by atoms with van der Waals surface area (Å²) in [6.07, 6.45) is -1.42. The number of rotatable bonds is 7. The van der Waals surface area contributed by atoms with E-state index < -0.39 is 34.3 Å². The highest BCUT2D eigenvalue weighted by Gasteiger charge is 2.26. The molecule has 0 radical (unpaired) electrons. The van der Waals surface area contributed by atoms with Gasteiger partial charge in [-0.3, -0.25) is 13.5 Å². The van der Waals surface area contributed by atoms with Crippen molar-refractivity contribution in [3.63, 3.8) is 0 Å². The van der Waals surface area contributed by atoms with Crippen LogP contribution in [0.3, 0.4) is 0 Å². The molecule has 0 saturated carbocycles. The molecule has 8 nitrogen and oxygen atoms in total. The first-order valence-electron chi connectivity index (χ1n) is 9.52. The first-order chi connectivity index (χ1) is 15.4.